The van der Waals surface area contributed by atoms with Crippen LogP contribution in [0.3, 0.4) is 0 Å². The molecule has 0 aliphatic carbocycles. The van der Waals surface area contributed by atoms with Crippen LogP contribution in [0.2, 0.25) is 0 Å². The minimum atomic E-state index is -1.15. The van der Waals surface area contributed by atoms with Gasteiger partial charge < -0.3 is 15.2 Å². The topological polar surface area (TPSA) is 61.8 Å². The molecule has 18 heavy (non-hydrogen) atoms. The molecule has 2 amide bonds. The summed E-state index contributed by atoms with van der Waals surface area (Å²) in [5, 5.41) is 11.8. The van der Waals surface area contributed by atoms with Gasteiger partial charge >= 0.3 is 6.03 Å². The standard InChI is InChI=1S/C13H14N2O3/c1-4-13(8-16)6-5-11(18-13)15-7-9(2)10(3)14-12(15)17/h1,5-7,11,16H,3,8H2,2H3,(H,14,17)/t11-,13+/m1/s1. The number of urea groups is 1. The lowest BCUT2D eigenvalue weighted by atomic mass is 10.1. The normalized spacial score (nSPS) is 31.1. The summed E-state index contributed by atoms with van der Waals surface area (Å²) in [6.07, 6.45) is 9.56. The summed E-state index contributed by atoms with van der Waals surface area (Å²) >= 11 is 0. The molecule has 5 nitrogen and oxygen atoms in total. The maximum absolute atomic E-state index is 11.8. The second-order valence-corrected chi connectivity index (χ2v) is 4.19. The Kier molecular flexibility index (Phi) is 2.99. The molecular formula is C13H14N2O3. The first-order valence-corrected chi connectivity index (χ1v) is 5.44. The smallest absolute Gasteiger partial charge is 0.328 e. The van der Waals surface area contributed by atoms with E-state index in [1.165, 1.54) is 4.90 Å². The number of aliphatic hydroxyl groups is 1. The SMILES string of the molecule is C#C[C@@]1(CO)C=C[C@H](N2C=C(C)C(=C)NC2=O)O1. The fraction of sp³-hybridized carbons (Fsp3) is 0.308. The molecule has 0 aromatic rings. The van der Waals surface area contributed by atoms with Crippen LogP contribution in [0.15, 0.2) is 36.2 Å². The summed E-state index contributed by atoms with van der Waals surface area (Å²) in [5.74, 6) is 2.38. The Labute approximate surface area is 105 Å². The van der Waals surface area contributed by atoms with E-state index >= 15 is 0 Å². The molecule has 0 aromatic carbocycles. The first-order chi connectivity index (χ1) is 8.51. The molecule has 0 aromatic heterocycles. The van der Waals surface area contributed by atoms with Crippen LogP contribution in [0.1, 0.15) is 6.92 Å². The molecule has 0 saturated heterocycles. The number of allylic oxidation sites excluding steroid dienone is 1. The van der Waals surface area contributed by atoms with Crippen molar-refractivity contribution in [3.63, 3.8) is 0 Å². The highest BCUT2D eigenvalue weighted by Gasteiger charge is 2.38. The van der Waals surface area contributed by atoms with Crippen LogP contribution in [-0.4, -0.2) is 34.5 Å². The zero-order valence-electron chi connectivity index (χ0n) is 10.0. The summed E-state index contributed by atoms with van der Waals surface area (Å²) in [7, 11) is 0. The van der Waals surface area contributed by atoms with Gasteiger partial charge in [0.2, 0.25) is 0 Å². The van der Waals surface area contributed by atoms with Gasteiger partial charge in [-0.2, -0.15) is 0 Å². The van der Waals surface area contributed by atoms with Crippen LogP contribution in [-0.2, 0) is 4.74 Å². The first-order valence-electron chi connectivity index (χ1n) is 5.44. The summed E-state index contributed by atoms with van der Waals surface area (Å²) in [5.41, 5.74) is 0.235. The van der Waals surface area contributed by atoms with E-state index in [0.717, 1.165) is 5.57 Å². The molecule has 0 fully saturated rings. The molecule has 0 bridgehead atoms. The van der Waals surface area contributed by atoms with E-state index in [0.29, 0.717) is 5.70 Å². The van der Waals surface area contributed by atoms with E-state index in [4.69, 9.17) is 11.2 Å². The average molecular weight is 246 g/mol. The van der Waals surface area contributed by atoms with E-state index in [1.54, 1.807) is 18.4 Å². The number of rotatable bonds is 2. The van der Waals surface area contributed by atoms with E-state index in [9.17, 15) is 9.90 Å². The molecule has 2 rings (SSSR count). The molecule has 94 valence electrons. The molecule has 0 saturated carbocycles. The number of nitrogens with one attached hydrogen (secondary N) is 1. The minimum Gasteiger partial charge on any atom is -0.392 e. The van der Waals surface area contributed by atoms with Crippen LogP contribution in [0.4, 0.5) is 4.79 Å². The van der Waals surface area contributed by atoms with Crippen LogP contribution < -0.4 is 5.32 Å². The van der Waals surface area contributed by atoms with E-state index in [-0.39, 0.29) is 12.6 Å². The quantitative estimate of drug-likeness (QED) is 0.557. The van der Waals surface area contributed by atoms with Gasteiger partial charge in [0.15, 0.2) is 11.8 Å². The zero-order chi connectivity index (χ0) is 13.3. The second-order valence-electron chi connectivity index (χ2n) is 4.19. The maximum Gasteiger partial charge on any atom is 0.328 e. The number of terminal acetylenes is 1. The molecule has 2 N–H and O–H groups in total. The third kappa shape index (κ3) is 1.92. The minimum absolute atomic E-state index is 0.332. The molecule has 2 heterocycles. The van der Waals surface area contributed by atoms with Crippen molar-refractivity contribution >= 4 is 6.03 Å². The van der Waals surface area contributed by atoms with Gasteiger partial charge in [0, 0.05) is 11.9 Å². The number of amides is 2. The molecule has 2 aliphatic rings. The van der Waals surface area contributed by atoms with Crippen LogP contribution in [0.25, 0.3) is 0 Å². The van der Waals surface area contributed by atoms with Crippen molar-refractivity contribution < 1.29 is 14.6 Å². The van der Waals surface area contributed by atoms with Gasteiger partial charge in [-0.15, -0.1) is 6.42 Å². The fourth-order valence-electron chi connectivity index (χ4n) is 1.73. The Balaban J connectivity index is 2.21. The van der Waals surface area contributed by atoms with Gasteiger partial charge in [-0.05, 0) is 24.6 Å². The van der Waals surface area contributed by atoms with Crippen molar-refractivity contribution in [1.29, 1.82) is 0 Å². The number of hydrogen-bond acceptors (Lipinski definition) is 3. The predicted molar refractivity (Wildman–Crippen MR) is 65.9 cm³/mol. The van der Waals surface area contributed by atoms with Crippen molar-refractivity contribution in [3.05, 3.63) is 36.2 Å². The average Bonchev–Trinajstić information content (AvgIpc) is 2.79. The number of nitrogens with zero attached hydrogens (tertiary/aromatic N) is 1. The van der Waals surface area contributed by atoms with Gasteiger partial charge in [0.05, 0.1) is 6.61 Å². The number of carbonyl (C=O) groups excluding carboxylic acids is 1. The monoisotopic (exact) mass is 246 g/mol. The van der Waals surface area contributed by atoms with Crippen molar-refractivity contribution in [2.45, 2.75) is 18.8 Å². The van der Waals surface area contributed by atoms with E-state index in [1.807, 2.05) is 6.92 Å². The number of ether oxygens (including phenoxy) is 1. The van der Waals surface area contributed by atoms with Gasteiger partial charge in [-0.1, -0.05) is 12.5 Å². The van der Waals surface area contributed by atoms with Crippen molar-refractivity contribution in [2.75, 3.05) is 6.61 Å². The van der Waals surface area contributed by atoms with Gasteiger partial charge in [-0.3, -0.25) is 4.90 Å². The number of aliphatic hydroxyl groups excluding tert-OH is 1. The lowest BCUT2D eigenvalue weighted by Crippen LogP contribution is -2.47. The molecule has 2 aliphatic heterocycles. The lowest BCUT2D eigenvalue weighted by molar-refractivity contribution is -0.0589. The molecular weight excluding hydrogens is 232 g/mol. The van der Waals surface area contributed by atoms with Crippen molar-refractivity contribution in [3.8, 4) is 12.3 Å². The molecule has 0 radical (unpaired) electrons. The predicted octanol–water partition coefficient (Wildman–Crippen LogP) is 0.706. The summed E-state index contributed by atoms with van der Waals surface area (Å²) < 4.78 is 5.53. The van der Waals surface area contributed by atoms with Gasteiger partial charge in [0.25, 0.3) is 0 Å². The summed E-state index contributed by atoms with van der Waals surface area (Å²) in [6.45, 7) is 5.20. The zero-order valence-corrected chi connectivity index (χ0v) is 10.0. The summed E-state index contributed by atoms with van der Waals surface area (Å²) in [4.78, 5) is 13.2. The lowest BCUT2D eigenvalue weighted by Gasteiger charge is -2.31. The summed E-state index contributed by atoms with van der Waals surface area (Å²) in [6, 6.07) is -0.342. The van der Waals surface area contributed by atoms with Crippen LogP contribution in [0.5, 0.6) is 0 Å². The molecule has 0 unspecified atom stereocenters. The molecule has 2 atom stereocenters. The Hall–Kier alpha value is -2.03. The molecule has 0 spiro atoms. The highest BCUT2D eigenvalue weighted by molar-refractivity contribution is 5.80. The van der Waals surface area contributed by atoms with Crippen LogP contribution in [0, 0.1) is 12.3 Å². The second kappa shape index (κ2) is 4.33. The van der Waals surface area contributed by atoms with Gasteiger partial charge in [0.1, 0.15) is 0 Å². The van der Waals surface area contributed by atoms with E-state index < -0.39 is 11.8 Å². The Morgan fingerprint density at radius 3 is 3.06 bits per heavy atom. The number of hydrogen-bond donors (Lipinski definition) is 2. The Morgan fingerprint density at radius 2 is 2.50 bits per heavy atom. The third-order valence-electron chi connectivity index (χ3n) is 2.92. The van der Waals surface area contributed by atoms with Gasteiger partial charge in [-0.25, -0.2) is 4.79 Å². The Bertz CT molecular complexity index is 501. The van der Waals surface area contributed by atoms with Crippen molar-refractivity contribution in [1.82, 2.24) is 10.2 Å². The largest absolute Gasteiger partial charge is 0.392 e. The van der Waals surface area contributed by atoms with Crippen molar-refractivity contribution in [2.24, 2.45) is 0 Å². The van der Waals surface area contributed by atoms with Crippen LogP contribution >= 0.6 is 0 Å². The number of carbonyl (C=O) groups is 1. The van der Waals surface area contributed by atoms with E-state index in [2.05, 4.69) is 17.8 Å². The first kappa shape index (κ1) is 12.4. The molecule has 5 heteroatoms. The highest BCUT2D eigenvalue weighted by Crippen LogP contribution is 2.27. The highest BCUT2D eigenvalue weighted by atomic mass is 16.5. The maximum atomic E-state index is 11.8. The fourth-order valence-corrected chi connectivity index (χ4v) is 1.73. The Morgan fingerprint density at radius 1 is 1.78 bits per heavy atom. The third-order valence-corrected chi connectivity index (χ3v) is 2.92.